The molecule has 0 saturated carbocycles. The first-order valence-electron chi connectivity index (χ1n) is 16.3. The first-order chi connectivity index (χ1) is 22.3. The second-order valence-electron chi connectivity index (χ2n) is 13.4. The van der Waals surface area contributed by atoms with E-state index in [1.807, 2.05) is 19.9 Å². The van der Waals surface area contributed by atoms with E-state index < -0.39 is 12.1 Å². The lowest BCUT2D eigenvalue weighted by molar-refractivity contribution is -0.142. The number of carbonyl (C=O) groups is 3. The van der Waals surface area contributed by atoms with Crippen LogP contribution in [0.5, 0.6) is 5.88 Å². The van der Waals surface area contributed by atoms with E-state index in [0.717, 1.165) is 24.2 Å². The second-order valence-corrected chi connectivity index (χ2v) is 13.4. The molecule has 2 fully saturated rings. The maximum atomic E-state index is 14.3. The van der Waals surface area contributed by atoms with Gasteiger partial charge in [-0.3, -0.25) is 19.4 Å². The molecule has 0 spiro atoms. The number of rotatable bonds is 8. The SMILES string of the molecule is CC(=O)OCc1nc2c(cc1Cc1ccc(F)cc1)N(C(=O)CN1C[C@@H](C)N(C(=O)O)C[C@@H]1CN1[C@H](C)CN(C)C[C@H]1C)[C@@H](C)CO2. The molecule has 0 aliphatic carbocycles. The molecule has 1 aromatic heterocycles. The summed E-state index contributed by atoms with van der Waals surface area (Å²) in [5.74, 6) is -0.646. The largest absolute Gasteiger partial charge is 0.474 e. The maximum absolute atomic E-state index is 14.3. The molecule has 2 saturated heterocycles. The molecule has 12 nitrogen and oxygen atoms in total. The van der Waals surface area contributed by atoms with Crippen LogP contribution in [0, 0.1) is 5.82 Å². The number of ether oxygens (including phenoxy) is 2. The van der Waals surface area contributed by atoms with Crippen LogP contribution in [0.1, 0.15) is 51.4 Å². The Hall–Kier alpha value is -3.81. The van der Waals surface area contributed by atoms with Gasteiger partial charge in [0, 0.05) is 63.8 Å². The van der Waals surface area contributed by atoms with Crippen LogP contribution in [0.2, 0.25) is 0 Å². The van der Waals surface area contributed by atoms with Gasteiger partial charge in [0.1, 0.15) is 24.7 Å². The minimum atomic E-state index is -0.951. The molecule has 4 heterocycles. The minimum absolute atomic E-state index is 0.0669. The van der Waals surface area contributed by atoms with E-state index in [4.69, 9.17) is 14.5 Å². The number of likely N-dealkylation sites (N-methyl/N-ethyl adjacent to an activating group) is 1. The number of esters is 1. The number of piperazine rings is 2. The highest BCUT2D eigenvalue weighted by atomic mass is 19.1. The Kier molecular flexibility index (Phi) is 10.7. The Morgan fingerprint density at radius 2 is 1.68 bits per heavy atom. The Balaban J connectivity index is 1.43. The lowest BCUT2D eigenvalue weighted by Crippen LogP contribution is -2.66. The predicted molar refractivity (Wildman–Crippen MR) is 174 cm³/mol. The molecule has 5 atom stereocenters. The summed E-state index contributed by atoms with van der Waals surface area (Å²) < 4.78 is 24.9. The van der Waals surface area contributed by atoms with Crippen molar-refractivity contribution in [1.82, 2.24) is 24.6 Å². The monoisotopic (exact) mass is 654 g/mol. The van der Waals surface area contributed by atoms with E-state index in [2.05, 4.69) is 35.6 Å². The summed E-state index contributed by atoms with van der Waals surface area (Å²) in [6, 6.07) is 7.85. The van der Waals surface area contributed by atoms with Crippen molar-refractivity contribution >= 4 is 23.7 Å². The number of hydrogen-bond acceptors (Lipinski definition) is 9. The molecular weight excluding hydrogens is 607 g/mol. The van der Waals surface area contributed by atoms with Gasteiger partial charge in [0.2, 0.25) is 11.8 Å². The molecule has 5 rings (SSSR count). The van der Waals surface area contributed by atoms with Crippen LogP contribution in [0.4, 0.5) is 14.9 Å². The van der Waals surface area contributed by atoms with Gasteiger partial charge in [-0.05, 0) is 70.5 Å². The molecule has 13 heteroatoms. The van der Waals surface area contributed by atoms with Gasteiger partial charge in [-0.1, -0.05) is 12.1 Å². The fraction of sp³-hybridized carbons (Fsp3) is 0.588. The number of amides is 2. The molecule has 2 aromatic rings. The van der Waals surface area contributed by atoms with Crippen LogP contribution in [0.15, 0.2) is 30.3 Å². The Morgan fingerprint density at radius 3 is 2.32 bits per heavy atom. The van der Waals surface area contributed by atoms with Gasteiger partial charge < -0.3 is 29.3 Å². The highest BCUT2D eigenvalue weighted by molar-refractivity contribution is 5.97. The van der Waals surface area contributed by atoms with Gasteiger partial charge >= 0.3 is 12.1 Å². The number of aromatic nitrogens is 1. The Labute approximate surface area is 276 Å². The second kappa shape index (κ2) is 14.5. The summed E-state index contributed by atoms with van der Waals surface area (Å²) in [6.07, 6.45) is -0.570. The Bertz CT molecular complexity index is 1450. The smallest absolute Gasteiger partial charge is 0.407 e. The van der Waals surface area contributed by atoms with Gasteiger partial charge in [-0.25, -0.2) is 14.2 Å². The normalized spacial score (nSPS) is 25.6. The van der Waals surface area contributed by atoms with E-state index in [0.29, 0.717) is 37.4 Å². The molecule has 3 aliphatic heterocycles. The van der Waals surface area contributed by atoms with Crippen LogP contribution in [-0.2, 0) is 27.4 Å². The van der Waals surface area contributed by atoms with Gasteiger partial charge in [0.05, 0.1) is 18.3 Å². The summed E-state index contributed by atoms with van der Waals surface area (Å²) in [6.45, 7) is 13.0. The average Bonchev–Trinajstić information content (AvgIpc) is 2.99. The molecule has 0 unspecified atom stereocenters. The van der Waals surface area contributed by atoms with Crippen molar-refractivity contribution in [3.63, 3.8) is 0 Å². The van der Waals surface area contributed by atoms with Crippen LogP contribution >= 0.6 is 0 Å². The maximum Gasteiger partial charge on any atom is 0.407 e. The Morgan fingerprint density at radius 1 is 1.00 bits per heavy atom. The highest BCUT2D eigenvalue weighted by Gasteiger charge is 2.40. The van der Waals surface area contributed by atoms with Gasteiger partial charge in [-0.2, -0.15) is 0 Å². The van der Waals surface area contributed by atoms with Crippen LogP contribution in [0.25, 0.3) is 0 Å². The first-order valence-corrected chi connectivity index (χ1v) is 16.3. The molecule has 47 heavy (non-hydrogen) atoms. The highest BCUT2D eigenvalue weighted by Crippen LogP contribution is 2.36. The van der Waals surface area contributed by atoms with Crippen LogP contribution in [-0.4, -0.2) is 131 Å². The molecule has 1 aromatic carbocycles. The third-order valence-corrected chi connectivity index (χ3v) is 9.53. The van der Waals surface area contributed by atoms with E-state index in [9.17, 15) is 23.9 Å². The summed E-state index contributed by atoms with van der Waals surface area (Å²) >= 11 is 0. The lowest BCUT2D eigenvalue weighted by atomic mass is 10.0. The van der Waals surface area contributed by atoms with Gasteiger partial charge in [0.25, 0.3) is 0 Å². The third kappa shape index (κ3) is 8.02. The number of fused-ring (bicyclic) bond motifs is 1. The zero-order valence-corrected chi connectivity index (χ0v) is 28.2. The van der Waals surface area contributed by atoms with Crippen molar-refractivity contribution in [2.45, 2.75) is 77.9 Å². The molecule has 256 valence electrons. The zero-order chi connectivity index (χ0) is 34.0. The third-order valence-electron chi connectivity index (χ3n) is 9.53. The quantitative estimate of drug-likeness (QED) is 0.426. The predicted octanol–water partition coefficient (Wildman–Crippen LogP) is 3.07. The number of halogens is 1. The number of carboxylic acid groups (broad SMARTS) is 1. The van der Waals surface area contributed by atoms with Crippen LogP contribution in [0.3, 0.4) is 0 Å². The standard InChI is InChI=1S/C34H47FN6O6/c1-21-13-37(6)14-22(2)39(21)16-29-17-40(34(44)45)23(3)15-38(29)18-32(43)41-24(4)19-47-33-31(41)12-27(30(36-33)20-46-25(5)42)11-26-7-9-28(35)10-8-26/h7-10,12,21-24,29H,11,13-20H2,1-6H3,(H,44,45)/t21-,22-,23-,24+,29+/m1/s1. The van der Waals surface area contributed by atoms with E-state index >= 15 is 0 Å². The minimum Gasteiger partial charge on any atom is -0.474 e. The van der Waals surface area contributed by atoms with Gasteiger partial charge in [-0.15, -0.1) is 0 Å². The summed E-state index contributed by atoms with van der Waals surface area (Å²) in [7, 11) is 2.12. The number of hydrogen-bond donors (Lipinski definition) is 1. The average molecular weight is 655 g/mol. The fourth-order valence-electron chi connectivity index (χ4n) is 7.22. The molecule has 0 bridgehead atoms. The topological polar surface area (TPSA) is 119 Å². The van der Waals surface area contributed by atoms with Crippen molar-refractivity contribution in [2.24, 2.45) is 0 Å². The molecular formula is C34H47FN6O6. The van der Waals surface area contributed by atoms with E-state index in [-0.39, 0.29) is 67.6 Å². The van der Waals surface area contributed by atoms with Crippen molar-refractivity contribution in [3.05, 3.63) is 53.0 Å². The number of benzene rings is 1. The number of anilines is 1. The lowest BCUT2D eigenvalue weighted by Gasteiger charge is -2.49. The number of pyridine rings is 1. The summed E-state index contributed by atoms with van der Waals surface area (Å²) in [5, 5.41) is 9.97. The van der Waals surface area contributed by atoms with Crippen molar-refractivity contribution in [3.8, 4) is 5.88 Å². The molecule has 0 radical (unpaired) electrons. The van der Waals surface area contributed by atoms with Crippen molar-refractivity contribution in [1.29, 1.82) is 0 Å². The molecule has 3 aliphatic rings. The van der Waals surface area contributed by atoms with E-state index in [1.165, 1.54) is 24.0 Å². The van der Waals surface area contributed by atoms with Gasteiger partial charge in [0.15, 0.2) is 0 Å². The molecule has 1 N–H and O–H groups in total. The number of carbonyl (C=O) groups excluding carboxylic acids is 2. The van der Waals surface area contributed by atoms with Crippen molar-refractivity contribution < 1.29 is 33.4 Å². The van der Waals surface area contributed by atoms with E-state index in [1.54, 1.807) is 17.0 Å². The number of nitrogens with zero attached hydrogens (tertiary/aromatic N) is 6. The molecule has 2 amide bonds. The first kappa shape index (κ1) is 34.5. The fourth-order valence-corrected chi connectivity index (χ4v) is 7.22. The van der Waals surface area contributed by atoms with Crippen LogP contribution < -0.4 is 9.64 Å². The summed E-state index contributed by atoms with van der Waals surface area (Å²) in [5.41, 5.74) is 2.58. The zero-order valence-electron chi connectivity index (χ0n) is 28.2. The summed E-state index contributed by atoms with van der Waals surface area (Å²) in [4.78, 5) is 52.9. The van der Waals surface area contributed by atoms with Crippen molar-refractivity contribution in [2.75, 3.05) is 57.8 Å².